The fourth-order valence-corrected chi connectivity index (χ4v) is 10.1. The van der Waals surface area contributed by atoms with Gasteiger partial charge in [0.25, 0.3) is 0 Å². The summed E-state index contributed by atoms with van der Waals surface area (Å²) in [4.78, 5) is 117. The number of nitrogens with zero attached hydrogens (tertiary/aromatic N) is 2. The van der Waals surface area contributed by atoms with Crippen molar-refractivity contribution in [2.45, 2.75) is 154 Å². The van der Waals surface area contributed by atoms with E-state index in [2.05, 4.69) is 37.3 Å². The van der Waals surface area contributed by atoms with E-state index in [-0.39, 0.29) is 44.9 Å². The van der Waals surface area contributed by atoms with E-state index in [1.807, 2.05) is 91.0 Å². The Morgan fingerprint density at radius 1 is 0.552 bits per heavy atom. The molecule has 3 amide bonds. The second-order valence-electron chi connectivity index (χ2n) is 20.3. The Morgan fingerprint density at radius 3 is 1.41 bits per heavy atom. The number of nitrogens with one attached hydrogen (secondary N) is 6. The van der Waals surface area contributed by atoms with E-state index in [4.69, 9.17) is 53.3 Å². The smallest absolute Gasteiger partial charge is 0.303 e. The molecule has 3 aromatic carbocycles. The summed E-state index contributed by atoms with van der Waals surface area (Å²) in [6.07, 6.45) is -11.6. The monoisotopic (exact) mass is 1220 g/mol. The first kappa shape index (κ1) is 70.2. The summed E-state index contributed by atoms with van der Waals surface area (Å²) in [5.41, 5.74) is 7.23. The van der Waals surface area contributed by atoms with E-state index in [0.29, 0.717) is 19.4 Å². The number of benzene rings is 3. The molecule has 0 bridgehead atoms. The van der Waals surface area contributed by atoms with E-state index in [0.717, 1.165) is 51.3 Å². The minimum atomic E-state index is -1.77. The van der Waals surface area contributed by atoms with Crippen LogP contribution in [0.2, 0.25) is 0 Å². The van der Waals surface area contributed by atoms with Gasteiger partial charge >= 0.3 is 35.8 Å². The summed E-state index contributed by atoms with van der Waals surface area (Å²) in [6.45, 7) is 9.34. The molecule has 0 aliphatic carbocycles. The van der Waals surface area contributed by atoms with Crippen LogP contribution >= 0.6 is 0 Å². The molecule has 3 aromatic rings. The van der Waals surface area contributed by atoms with Gasteiger partial charge in [-0.25, -0.2) is 10.4 Å². The minimum Gasteiger partial charge on any atom is -0.463 e. The molecule has 2 aliphatic heterocycles. The molecular formula is C58H81N9O20. The van der Waals surface area contributed by atoms with Crippen molar-refractivity contribution in [2.75, 3.05) is 45.9 Å². The van der Waals surface area contributed by atoms with Gasteiger partial charge in [0.2, 0.25) is 30.4 Å². The molecule has 0 aromatic heterocycles. The van der Waals surface area contributed by atoms with Crippen molar-refractivity contribution >= 4 is 53.5 Å². The van der Waals surface area contributed by atoms with Gasteiger partial charge in [-0.15, -0.1) is 5.59 Å². The molecule has 2 saturated heterocycles. The molecule has 29 heteroatoms. The second kappa shape index (κ2) is 35.3. The van der Waals surface area contributed by atoms with Gasteiger partial charge in [0, 0.05) is 94.5 Å². The Kier molecular flexibility index (Phi) is 28.5. The molecule has 2 aliphatic rings. The van der Waals surface area contributed by atoms with Crippen LogP contribution < -0.4 is 38.1 Å². The number of carbonyl (C=O) groups is 9. The van der Waals surface area contributed by atoms with Gasteiger partial charge in [-0.05, 0) is 36.0 Å². The number of esters is 6. The molecule has 0 saturated carbocycles. The van der Waals surface area contributed by atoms with Crippen LogP contribution in [0.1, 0.15) is 97.8 Å². The standard InChI is InChI=1S/C58H81N9O20/c1-35(68)63-49-53(82-41(7)74)51(80-39(5)72)46(33-78-37(3)70)84-55(49)86-57(77)61-28-18-27-48(76)60-29-19-31-66(58(43-21-12-9-13-22-43,44-23-14-10-15-24-44)45-25-16-11-17-26-45)67(59)32-20-30-62-65-87-56-50(64-36(2)69)54(83-42(8)75)52(81-40(6)73)47(85-56)34-79-38(4)71/h9-17,21-26,46-47,49-57,61-62,65,77H,18-20,27-34,59H2,1-8H3,(H,60,76)(H,63,68)(H,64,69). The number of hydrogen-bond donors (Lipinski definition) is 8. The zero-order valence-corrected chi connectivity index (χ0v) is 50.0. The summed E-state index contributed by atoms with van der Waals surface area (Å²) in [6, 6.07) is 27.0. The molecule has 11 atom stereocenters. The first-order valence-corrected chi connectivity index (χ1v) is 28.3. The number of rotatable bonds is 33. The van der Waals surface area contributed by atoms with Gasteiger partial charge in [-0.2, -0.15) is 5.12 Å². The van der Waals surface area contributed by atoms with E-state index < -0.39 is 134 Å². The number of nitrogens with two attached hydrogens (primary N) is 1. The average molecular weight is 1220 g/mol. The van der Waals surface area contributed by atoms with Crippen molar-refractivity contribution in [3.63, 3.8) is 0 Å². The zero-order valence-electron chi connectivity index (χ0n) is 50.0. The van der Waals surface area contributed by atoms with Crippen LogP contribution in [-0.4, -0.2) is 182 Å². The number of aliphatic hydroxyl groups is 1. The van der Waals surface area contributed by atoms with E-state index >= 15 is 0 Å². The highest BCUT2D eigenvalue weighted by Gasteiger charge is 2.53. The molecule has 0 spiro atoms. The molecule has 87 heavy (non-hydrogen) atoms. The third-order valence-electron chi connectivity index (χ3n) is 13.4. The largest absolute Gasteiger partial charge is 0.463 e. The summed E-state index contributed by atoms with van der Waals surface area (Å²) in [7, 11) is 0. The van der Waals surface area contributed by atoms with Crippen molar-refractivity contribution < 1.29 is 95.7 Å². The Labute approximate surface area is 504 Å². The lowest BCUT2D eigenvalue weighted by molar-refractivity contribution is -0.313. The number of amides is 3. The summed E-state index contributed by atoms with van der Waals surface area (Å²) < 4.78 is 50.0. The van der Waals surface area contributed by atoms with Crippen LogP contribution in [0, 0.1) is 0 Å². The lowest BCUT2D eigenvalue weighted by Gasteiger charge is -2.49. The highest BCUT2D eigenvalue weighted by Crippen LogP contribution is 2.43. The van der Waals surface area contributed by atoms with Crippen LogP contribution in [0.15, 0.2) is 91.0 Å². The SMILES string of the molecule is CC(=O)NC1C(ONNCCCN(N)N(CCCNC(=O)CCCNC(O)OC2OC(COC(C)=O)C(OC(C)=O)C(OC(C)=O)C2NC(C)=O)C(c2ccccc2)(c2ccccc2)c2ccccc2)OC(COC(C)=O)C(OC(C)=O)C1OC(C)=O. The van der Waals surface area contributed by atoms with Gasteiger partial charge in [-0.1, -0.05) is 91.0 Å². The maximum absolute atomic E-state index is 13.4. The van der Waals surface area contributed by atoms with Gasteiger partial charge < -0.3 is 63.7 Å². The van der Waals surface area contributed by atoms with Crippen LogP contribution in [0.5, 0.6) is 0 Å². The molecule has 9 N–H and O–H groups in total. The van der Waals surface area contributed by atoms with Crippen molar-refractivity contribution in [3.05, 3.63) is 108 Å². The number of carbonyl (C=O) groups excluding carboxylic acids is 9. The first-order valence-electron chi connectivity index (χ1n) is 28.3. The van der Waals surface area contributed by atoms with Gasteiger partial charge in [0.05, 0.1) is 0 Å². The van der Waals surface area contributed by atoms with Crippen LogP contribution in [0.25, 0.3) is 0 Å². The van der Waals surface area contributed by atoms with Crippen molar-refractivity contribution in [1.29, 1.82) is 0 Å². The number of ether oxygens (including phenoxy) is 9. The van der Waals surface area contributed by atoms with Gasteiger partial charge in [0.15, 0.2) is 30.7 Å². The predicted octanol–water partition coefficient (Wildman–Crippen LogP) is 0.268. The molecule has 478 valence electrons. The van der Waals surface area contributed by atoms with Crippen molar-refractivity contribution in [2.24, 2.45) is 5.84 Å². The molecule has 2 heterocycles. The third kappa shape index (κ3) is 21.7. The van der Waals surface area contributed by atoms with Gasteiger partial charge in [0.1, 0.15) is 43.0 Å². The number of hydrogen-bond acceptors (Lipinski definition) is 26. The zero-order chi connectivity index (χ0) is 63.6. The van der Waals surface area contributed by atoms with Crippen LogP contribution in [0.4, 0.5) is 0 Å². The molecule has 0 radical (unpaired) electrons. The highest BCUT2D eigenvalue weighted by molar-refractivity contribution is 5.76. The Balaban J connectivity index is 1.26. The third-order valence-corrected chi connectivity index (χ3v) is 13.4. The Hall–Kier alpha value is -7.55. The molecule has 11 unspecified atom stereocenters. The fraction of sp³-hybridized carbons (Fsp3) is 0.534. The minimum absolute atomic E-state index is 0.0217. The quantitative estimate of drug-likeness (QED) is 0.00771. The fourth-order valence-electron chi connectivity index (χ4n) is 10.1. The molecule has 2 fully saturated rings. The van der Waals surface area contributed by atoms with Crippen LogP contribution in [-0.2, 0) is 96.2 Å². The second-order valence-corrected chi connectivity index (χ2v) is 20.3. The number of aliphatic hydroxyl groups excluding tert-OH is 1. The Morgan fingerprint density at radius 2 is 0.977 bits per heavy atom. The highest BCUT2D eigenvalue weighted by atomic mass is 16.8. The topological polar surface area (TPSA) is 371 Å². The molecule has 29 nitrogen and oxygen atoms in total. The van der Waals surface area contributed by atoms with E-state index in [1.165, 1.54) is 20.8 Å². The van der Waals surface area contributed by atoms with Crippen molar-refractivity contribution in [1.82, 2.24) is 42.4 Å². The number of hydrazine groups is 3. The first-order chi connectivity index (χ1) is 41.5. The summed E-state index contributed by atoms with van der Waals surface area (Å²) >= 11 is 0. The Bertz CT molecular complexity index is 2620. The van der Waals surface area contributed by atoms with Crippen LogP contribution in [0.3, 0.4) is 0 Å². The van der Waals surface area contributed by atoms with Crippen molar-refractivity contribution in [3.8, 4) is 0 Å². The van der Waals surface area contributed by atoms with E-state index in [1.54, 1.807) is 5.12 Å². The summed E-state index contributed by atoms with van der Waals surface area (Å²) in [5, 5.41) is 25.6. The maximum atomic E-state index is 13.4. The molecular weight excluding hydrogens is 1140 g/mol. The normalized spacial score (nSPS) is 22.2. The average Bonchev–Trinajstić information content (AvgIpc) is 1.05. The molecule has 5 rings (SSSR count). The summed E-state index contributed by atoms with van der Waals surface area (Å²) in [5.74, 6) is 1.27. The predicted molar refractivity (Wildman–Crippen MR) is 304 cm³/mol. The van der Waals surface area contributed by atoms with Gasteiger partial charge in [-0.3, -0.25) is 59.1 Å². The van der Waals surface area contributed by atoms with E-state index in [9.17, 15) is 48.3 Å². The maximum Gasteiger partial charge on any atom is 0.303 e. The lowest BCUT2D eigenvalue weighted by Crippen LogP contribution is -2.67. The lowest BCUT2D eigenvalue weighted by atomic mass is 9.76.